The third-order valence-corrected chi connectivity index (χ3v) is 6.59. The van der Waals surface area contributed by atoms with Gasteiger partial charge in [-0.1, -0.05) is 35.6 Å². The van der Waals surface area contributed by atoms with Gasteiger partial charge in [-0.05, 0) is 43.0 Å². The van der Waals surface area contributed by atoms with Crippen LogP contribution in [-0.2, 0) is 4.74 Å². The zero-order chi connectivity index (χ0) is 21.3. The molecular weight excluding hydrogens is 394 g/mol. The monoisotopic (exact) mass is 420 g/mol. The zero-order valence-electron chi connectivity index (χ0n) is 17.3. The number of hydrogen-bond acceptors (Lipinski definition) is 6. The third-order valence-electron chi connectivity index (χ3n) is 6.59. The molecule has 2 atom stereocenters. The molecule has 160 valence electrons. The maximum absolute atomic E-state index is 11.2. The lowest BCUT2D eigenvalue weighted by Crippen LogP contribution is -3.25. The molecule has 8 nitrogen and oxygen atoms in total. The van der Waals surface area contributed by atoms with Crippen LogP contribution in [0.4, 0.5) is 11.4 Å². The van der Waals surface area contributed by atoms with Crippen LogP contribution in [0.15, 0.2) is 70.5 Å². The van der Waals surface area contributed by atoms with E-state index in [-0.39, 0.29) is 16.7 Å². The largest absolute Gasteiger partial charge is 0.370 e. The standard InChI is InChI=1S/C23H25N5O3/c29-28(30)21-11-9-20(10-12-21)27-23(26-13-15-31-16-14-26)19(7-4-8-22(23)24-25-27)17-18-5-2-1-3-6-18/h1-3,5-6,9-12,17,22H,4,7-8,13-16H2/p+1/b19-17+/t22-,23+/m0/s1. The van der Waals surface area contributed by atoms with Crippen molar-refractivity contribution < 1.29 is 14.6 Å². The number of nitro benzene ring substituents is 1. The smallest absolute Gasteiger partial charge is 0.269 e. The molecule has 8 heteroatoms. The molecule has 2 aromatic rings. The maximum Gasteiger partial charge on any atom is 0.269 e. The average molecular weight is 420 g/mol. The number of fused-ring (bicyclic) bond motifs is 1. The highest BCUT2D eigenvalue weighted by Gasteiger charge is 2.61. The fourth-order valence-electron chi connectivity index (χ4n) is 5.22. The van der Waals surface area contributed by atoms with Gasteiger partial charge in [0.15, 0.2) is 6.04 Å². The lowest BCUT2D eigenvalue weighted by Gasteiger charge is -2.49. The van der Waals surface area contributed by atoms with Crippen LogP contribution in [-0.4, -0.2) is 42.9 Å². The minimum absolute atomic E-state index is 0.0412. The van der Waals surface area contributed by atoms with Crippen molar-refractivity contribution in [1.82, 2.24) is 0 Å². The molecule has 1 N–H and O–H groups in total. The van der Waals surface area contributed by atoms with Crippen LogP contribution >= 0.6 is 0 Å². The van der Waals surface area contributed by atoms with Crippen molar-refractivity contribution in [2.24, 2.45) is 10.3 Å². The third kappa shape index (κ3) is 3.41. The Morgan fingerprint density at radius 2 is 1.87 bits per heavy atom. The van der Waals surface area contributed by atoms with Crippen molar-refractivity contribution in [2.45, 2.75) is 31.0 Å². The predicted molar refractivity (Wildman–Crippen MR) is 117 cm³/mol. The van der Waals surface area contributed by atoms with E-state index in [2.05, 4.69) is 35.6 Å². The van der Waals surface area contributed by atoms with E-state index in [1.807, 2.05) is 11.1 Å². The number of morpholine rings is 1. The van der Waals surface area contributed by atoms with Gasteiger partial charge in [0.1, 0.15) is 13.1 Å². The number of quaternary nitrogens is 1. The Bertz CT molecular complexity index is 1000. The summed E-state index contributed by atoms with van der Waals surface area (Å²) >= 11 is 0. The zero-order valence-corrected chi connectivity index (χ0v) is 17.3. The van der Waals surface area contributed by atoms with Gasteiger partial charge in [-0.2, -0.15) is 10.1 Å². The summed E-state index contributed by atoms with van der Waals surface area (Å²) in [6, 6.07) is 17.1. The lowest BCUT2D eigenvalue weighted by atomic mass is 9.77. The number of nitrogens with zero attached hydrogens (tertiary/aromatic N) is 4. The highest BCUT2D eigenvalue weighted by molar-refractivity contribution is 5.61. The van der Waals surface area contributed by atoms with Crippen molar-refractivity contribution in [3.8, 4) is 0 Å². The molecule has 0 amide bonds. The summed E-state index contributed by atoms with van der Waals surface area (Å²) in [7, 11) is 0. The minimum Gasteiger partial charge on any atom is -0.370 e. The molecule has 31 heavy (non-hydrogen) atoms. The second-order valence-corrected chi connectivity index (χ2v) is 8.26. The van der Waals surface area contributed by atoms with Crippen LogP contribution in [0.25, 0.3) is 6.08 Å². The molecule has 1 saturated heterocycles. The Labute approximate surface area is 180 Å². The summed E-state index contributed by atoms with van der Waals surface area (Å²) in [5.41, 5.74) is 2.95. The topological polar surface area (TPSA) is 84.8 Å². The molecule has 1 saturated carbocycles. The molecule has 0 bridgehead atoms. The second-order valence-electron chi connectivity index (χ2n) is 8.26. The molecule has 0 radical (unpaired) electrons. The van der Waals surface area contributed by atoms with Crippen molar-refractivity contribution >= 4 is 17.5 Å². The van der Waals surface area contributed by atoms with E-state index >= 15 is 0 Å². The van der Waals surface area contributed by atoms with Crippen molar-refractivity contribution in [3.63, 3.8) is 0 Å². The maximum atomic E-state index is 11.2. The van der Waals surface area contributed by atoms with Crippen molar-refractivity contribution in [3.05, 3.63) is 75.8 Å². The first kappa shape index (κ1) is 19.8. The average Bonchev–Trinajstić information content (AvgIpc) is 3.22. The summed E-state index contributed by atoms with van der Waals surface area (Å²) in [4.78, 5) is 12.2. The highest BCUT2D eigenvalue weighted by atomic mass is 16.6. The second kappa shape index (κ2) is 8.20. The van der Waals surface area contributed by atoms with Crippen LogP contribution in [0.2, 0.25) is 0 Å². The number of non-ortho nitro benzene ring substituents is 1. The predicted octanol–water partition coefficient (Wildman–Crippen LogP) is 3.03. The minimum atomic E-state index is -0.437. The Hall–Kier alpha value is -3.10. The van der Waals surface area contributed by atoms with E-state index in [4.69, 9.17) is 9.85 Å². The Balaban J connectivity index is 1.64. The van der Waals surface area contributed by atoms with Crippen LogP contribution in [0.3, 0.4) is 0 Å². The molecule has 1 aliphatic carbocycles. The molecule has 2 fully saturated rings. The van der Waals surface area contributed by atoms with Crippen LogP contribution in [0, 0.1) is 10.1 Å². The van der Waals surface area contributed by atoms with E-state index in [0.29, 0.717) is 13.2 Å². The van der Waals surface area contributed by atoms with Crippen molar-refractivity contribution in [1.29, 1.82) is 0 Å². The van der Waals surface area contributed by atoms with Crippen LogP contribution in [0.5, 0.6) is 0 Å². The molecular formula is C23H26N5O3+. The highest BCUT2D eigenvalue weighted by Crippen LogP contribution is 2.44. The molecule has 2 aliphatic heterocycles. The fourth-order valence-corrected chi connectivity index (χ4v) is 5.22. The van der Waals surface area contributed by atoms with E-state index in [1.54, 1.807) is 24.3 Å². The van der Waals surface area contributed by atoms with E-state index < -0.39 is 5.66 Å². The van der Waals surface area contributed by atoms with E-state index in [0.717, 1.165) is 38.0 Å². The Morgan fingerprint density at radius 3 is 2.58 bits per heavy atom. The first-order valence-electron chi connectivity index (χ1n) is 10.8. The van der Waals surface area contributed by atoms with Gasteiger partial charge in [0.05, 0.1) is 23.8 Å². The van der Waals surface area contributed by atoms with E-state index in [1.165, 1.54) is 16.0 Å². The summed E-state index contributed by atoms with van der Waals surface area (Å²) in [5, 5.41) is 22.6. The number of anilines is 1. The van der Waals surface area contributed by atoms with Gasteiger partial charge in [-0.25, -0.2) is 0 Å². The Kier molecular flexibility index (Phi) is 5.25. The van der Waals surface area contributed by atoms with Gasteiger partial charge >= 0.3 is 0 Å². The molecule has 2 aromatic carbocycles. The number of nitrogens with one attached hydrogen (secondary N) is 1. The molecule has 2 heterocycles. The van der Waals surface area contributed by atoms with E-state index in [9.17, 15) is 10.1 Å². The molecule has 0 unspecified atom stereocenters. The summed E-state index contributed by atoms with van der Waals surface area (Å²) in [6.45, 7) is 3.15. The van der Waals surface area contributed by atoms with Crippen molar-refractivity contribution in [2.75, 3.05) is 31.3 Å². The number of nitro groups is 1. The SMILES string of the molecule is O=[N+]([O-])c1ccc(N2N=N[C@H]3CCC/C(=C\c4ccccc4)[C@]32[NH+]2CCOCC2)cc1. The fraction of sp³-hybridized carbons (Fsp3) is 0.391. The van der Waals surface area contributed by atoms with Gasteiger partial charge in [0, 0.05) is 17.7 Å². The lowest BCUT2D eigenvalue weighted by molar-refractivity contribution is -0.954. The Morgan fingerprint density at radius 1 is 1.13 bits per heavy atom. The van der Waals surface area contributed by atoms with Crippen LogP contribution in [0.1, 0.15) is 24.8 Å². The van der Waals surface area contributed by atoms with Gasteiger partial charge in [0.2, 0.25) is 5.66 Å². The number of benzene rings is 2. The summed E-state index contributed by atoms with van der Waals surface area (Å²) in [6.07, 6.45) is 5.32. The molecule has 3 aliphatic rings. The molecule has 0 spiro atoms. The first-order chi connectivity index (χ1) is 15.2. The number of rotatable bonds is 4. The van der Waals surface area contributed by atoms with Gasteiger partial charge in [-0.3, -0.25) is 10.1 Å². The molecule has 0 aromatic heterocycles. The van der Waals surface area contributed by atoms with Crippen LogP contribution < -0.4 is 9.91 Å². The number of hydrogen-bond donors (Lipinski definition) is 1. The van der Waals surface area contributed by atoms with Gasteiger partial charge in [-0.15, -0.1) is 0 Å². The molecule has 5 rings (SSSR count). The van der Waals surface area contributed by atoms with Gasteiger partial charge < -0.3 is 9.64 Å². The summed E-state index contributed by atoms with van der Waals surface area (Å²) in [5.74, 6) is 0. The quantitative estimate of drug-likeness (QED) is 0.609. The summed E-state index contributed by atoms with van der Waals surface area (Å²) < 4.78 is 5.68. The first-order valence-corrected chi connectivity index (χ1v) is 10.8. The van der Waals surface area contributed by atoms with Gasteiger partial charge in [0.25, 0.3) is 5.69 Å². The normalized spacial score (nSPS) is 27.4. The number of ether oxygens (including phenoxy) is 1.